The third-order valence-corrected chi connectivity index (χ3v) is 4.05. The van der Waals surface area contributed by atoms with Gasteiger partial charge in [-0.05, 0) is 61.4 Å². The first-order chi connectivity index (χ1) is 10.7. The van der Waals surface area contributed by atoms with E-state index in [9.17, 15) is 13.2 Å². The van der Waals surface area contributed by atoms with Crippen molar-refractivity contribution in [2.75, 3.05) is 16.3 Å². The lowest BCUT2D eigenvalue weighted by Gasteiger charge is -2.11. The Hall–Kier alpha value is -2.05. The van der Waals surface area contributed by atoms with Crippen LogP contribution in [0.2, 0.25) is 5.02 Å². The Labute approximate surface area is 140 Å². The zero-order valence-corrected chi connectivity index (χ0v) is 14.5. The Bertz CT molecular complexity index is 864. The number of nitrogens with one attached hydrogen (secondary N) is 2. The zero-order chi connectivity index (χ0) is 17.2. The first kappa shape index (κ1) is 17.3. The van der Waals surface area contributed by atoms with E-state index >= 15 is 0 Å². The van der Waals surface area contributed by atoms with Crippen LogP contribution in [0.1, 0.15) is 21.5 Å². The average molecular weight is 353 g/mol. The van der Waals surface area contributed by atoms with Crippen LogP contribution in [-0.2, 0) is 10.0 Å². The summed E-state index contributed by atoms with van der Waals surface area (Å²) in [5.41, 5.74) is 3.09. The molecule has 122 valence electrons. The van der Waals surface area contributed by atoms with Gasteiger partial charge in [0.2, 0.25) is 10.0 Å². The van der Waals surface area contributed by atoms with Crippen LogP contribution >= 0.6 is 11.6 Å². The quantitative estimate of drug-likeness (QED) is 0.883. The summed E-state index contributed by atoms with van der Waals surface area (Å²) in [5, 5.41) is 3.42. The van der Waals surface area contributed by atoms with Gasteiger partial charge in [0.15, 0.2) is 0 Å². The Balaban J connectivity index is 2.21. The molecule has 0 saturated carbocycles. The Morgan fingerprint density at radius 3 is 2.17 bits per heavy atom. The number of hydrogen-bond donors (Lipinski definition) is 2. The van der Waals surface area contributed by atoms with E-state index in [1.807, 2.05) is 6.92 Å². The molecule has 0 aliphatic rings. The van der Waals surface area contributed by atoms with Crippen molar-refractivity contribution in [3.05, 3.63) is 58.1 Å². The van der Waals surface area contributed by atoms with Crippen molar-refractivity contribution in [2.24, 2.45) is 0 Å². The van der Waals surface area contributed by atoms with Crippen LogP contribution in [0.25, 0.3) is 0 Å². The van der Waals surface area contributed by atoms with E-state index in [1.165, 1.54) is 0 Å². The maximum absolute atomic E-state index is 12.3. The van der Waals surface area contributed by atoms with E-state index < -0.39 is 10.0 Å². The second-order valence-electron chi connectivity index (χ2n) is 5.32. The third-order valence-electron chi connectivity index (χ3n) is 3.22. The molecule has 0 fully saturated rings. The van der Waals surface area contributed by atoms with E-state index in [0.717, 1.165) is 11.8 Å². The van der Waals surface area contributed by atoms with Crippen LogP contribution in [0.4, 0.5) is 11.4 Å². The van der Waals surface area contributed by atoms with Crippen molar-refractivity contribution in [2.45, 2.75) is 13.8 Å². The lowest BCUT2D eigenvalue weighted by Crippen LogP contribution is -2.14. The Morgan fingerprint density at radius 1 is 1.00 bits per heavy atom. The smallest absolute Gasteiger partial charge is 0.255 e. The monoisotopic (exact) mass is 352 g/mol. The third kappa shape index (κ3) is 4.71. The number of sulfonamides is 1. The van der Waals surface area contributed by atoms with Gasteiger partial charge in [0.25, 0.3) is 5.91 Å². The van der Waals surface area contributed by atoms with E-state index in [1.54, 1.807) is 43.3 Å². The van der Waals surface area contributed by atoms with Crippen LogP contribution in [0.15, 0.2) is 36.4 Å². The van der Waals surface area contributed by atoms with Gasteiger partial charge >= 0.3 is 0 Å². The normalized spacial score (nSPS) is 11.1. The first-order valence-corrected chi connectivity index (χ1v) is 9.08. The number of hydrogen-bond acceptors (Lipinski definition) is 3. The zero-order valence-electron chi connectivity index (χ0n) is 13.0. The fourth-order valence-corrected chi connectivity index (χ4v) is 2.94. The summed E-state index contributed by atoms with van der Waals surface area (Å²) in [6.07, 6.45) is 1.08. The highest BCUT2D eigenvalue weighted by molar-refractivity contribution is 7.92. The van der Waals surface area contributed by atoms with Gasteiger partial charge < -0.3 is 5.32 Å². The summed E-state index contributed by atoms with van der Waals surface area (Å²) in [4.78, 5) is 12.3. The molecule has 0 aromatic heterocycles. The predicted molar refractivity (Wildman–Crippen MR) is 93.8 cm³/mol. The van der Waals surface area contributed by atoms with Gasteiger partial charge in [-0.1, -0.05) is 11.6 Å². The standard InChI is InChI=1S/C16H17ClN2O3S/c1-10-8-12(4-6-15(10)19-23(3,21)22)16(20)18-14-7-5-13(17)9-11(14)2/h4-9,19H,1-3H3,(H,18,20). The number of aryl methyl sites for hydroxylation is 2. The fraction of sp³-hybridized carbons (Fsp3) is 0.188. The lowest BCUT2D eigenvalue weighted by atomic mass is 10.1. The molecule has 7 heteroatoms. The van der Waals surface area contributed by atoms with Crippen LogP contribution in [-0.4, -0.2) is 20.6 Å². The Kier molecular flexibility index (Phi) is 4.97. The molecule has 5 nitrogen and oxygen atoms in total. The summed E-state index contributed by atoms with van der Waals surface area (Å²) in [7, 11) is -3.35. The highest BCUT2D eigenvalue weighted by Gasteiger charge is 2.11. The van der Waals surface area contributed by atoms with Gasteiger partial charge in [-0.25, -0.2) is 8.42 Å². The van der Waals surface area contributed by atoms with Crippen LogP contribution in [0, 0.1) is 13.8 Å². The summed E-state index contributed by atoms with van der Waals surface area (Å²) in [6.45, 7) is 3.59. The molecule has 0 unspecified atom stereocenters. The molecule has 0 radical (unpaired) electrons. The number of carbonyl (C=O) groups is 1. The summed E-state index contributed by atoms with van der Waals surface area (Å²) >= 11 is 5.89. The molecule has 2 aromatic carbocycles. The van der Waals surface area contributed by atoms with Gasteiger partial charge in [0.1, 0.15) is 0 Å². The Morgan fingerprint density at radius 2 is 1.61 bits per heavy atom. The molecule has 2 N–H and O–H groups in total. The molecule has 1 amide bonds. The first-order valence-electron chi connectivity index (χ1n) is 6.81. The molecular weight excluding hydrogens is 336 g/mol. The minimum Gasteiger partial charge on any atom is -0.322 e. The van der Waals surface area contributed by atoms with Crippen LogP contribution in [0.5, 0.6) is 0 Å². The molecule has 0 heterocycles. The van der Waals surface area contributed by atoms with Crippen molar-refractivity contribution in [3.63, 3.8) is 0 Å². The molecule has 0 bridgehead atoms. The number of rotatable bonds is 4. The minimum atomic E-state index is -3.35. The molecule has 2 aromatic rings. The van der Waals surface area contributed by atoms with Gasteiger partial charge in [0.05, 0.1) is 11.9 Å². The van der Waals surface area contributed by atoms with Crippen molar-refractivity contribution in [1.82, 2.24) is 0 Å². The molecular formula is C16H17ClN2O3S. The maximum atomic E-state index is 12.3. The summed E-state index contributed by atoms with van der Waals surface area (Å²) in [5.74, 6) is -0.274. The van der Waals surface area contributed by atoms with Gasteiger partial charge in [-0.15, -0.1) is 0 Å². The van der Waals surface area contributed by atoms with Crippen LogP contribution < -0.4 is 10.0 Å². The van der Waals surface area contributed by atoms with Crippen molar-refractivity contribution in [1.29, 1.82) is 0 Å². The number of benzene rings is 2. The molecule has 23 heavy (non-hydrogen) atoms. The average Bonchev–Trinajstić information content (AvgIpc) is 2.42. The molecule has 2 rings (SSSR count). The molecule has 0 aliphatic carbocycles. The van der Waals surface area contributed by atoms with Gasteiger partial charge in [-0.3, -0.25) is 9.52 Å². The second kappa shape index (κ2) is 6.60. The van der Waals surface area contributed by atoms with Crippen LogP contribution in [0.3, 0.4) is 0 Å². The molecule has 0 aliphatic heterocycles. The van der Waals surface area contributed by atoms with Crippen molar-refractivity contribution < 1.29 is 13.2 Å². The fourth-order valence-electron chi connectivity index (χ4n) is 2.08. The molecule has 0 atom stereocenters. The summed E-state index contributed by atoms with van der Waals surface area (Å²) in [6, 6.07) is 9.98. The highest BCUT2D eigenvalue weighted by Crippen LogP contribution is 2.22. The maximum Gasteiger partial charge on any atom is 0.255 e. The second-order valence-corrected chi connectivity index (χ2v) is 7.50. The number of amides is 1. The van der Waals surface area contributed by atoms with E-state index in [4.69, 9.17) is 11.6 Å². The molecule has 0 spiro atoms. The number of halogens is 1. The summed E-state index contributed by atoms with van der Waals surface area (Å²) < 4.78 is 25.0. The van der Waals surface area contributed by atoms with Crippen molar-refractivity contribution >= 4 is 38.9 Å². The minimum absolute atomic E-state index is 0.274. The number of carbonyl (C=O) groups excluding carboxylic acids is 1. The van der Waals surface area contributed by atoms with Gasteiger partial charge in [-0.2, -0.15) is 0 Å². The van der Waals surface area contributed by atoms with Gasteiger partial charge in [0, 0.05) is 16.3 Å². The largest absolute Gasteiger partial charge is 0.322 e. The van der Waals surface area contributed by atoms with E-state index in [2.05, 4.69) is 10.0 Å². The topological polar surface area (TPSA) is 75.3 Å². The SMILES string of the molecule is Cc1cc(Cl)ccc1NC(=O)c1ccc(NS(C)(=O)=O)c(C)c1. The molecule has 0 saturated heterocycles. The predicted octanol–water partition coefficient (Wildman–Crippen LogP) is 3.58. The highest BCUT2D eigenvalue weighted by atomic mass is 35.5. The lowest BCUT2D eigenvalue weighted by molar-refractivity contribution is 0.102. The van der Waals surface area contributed by atoms with E-state index in [-0.39, 0.29) is 5.91 Å². The van der Waals surface area contributed by atoms with Crippen molar-refractivity contribution in [3.8, 4) is 0 Å². The van der Waals surface area contributed by atoms with E-state index in [0.29, 0.717) is 27.5 Å². The number of anilines is 2.